The first-order valence-corrected chi connectivity index (χ1v) is 9.73. The van der Waals surface area contributed by atoms with Gasteiger partial charge < -0.3 is 14.8 Å². The highest BCUT2D eigenvalue weighted by Crippen LogP contribution is 2.33. The second kappa shape index (κ2) is 7.65. The van der Waals surface area contributed by atoms with Crippen LogP contribution in [0.15, 0.2) is 67.0 Å². The second-order valence-electron chi connectivity index (χ2n) is 6.80. The van der Waals surface area contributed by atoms with Gasteiger partial charge in [-0.05, 0) is 42.0 Å². The highest BCUT2D eigenvalue weighted by Gasteiger charge is 2.17. The summed E-state index contributed by atoms with van der Waals surface area (Å²) < 4.78 is 10.7. The van der Waals surface area contributed by atoms with Crippen LogP contribution >= 0.6 is 11.6 Å². The molecule has 3 heterocycles. The van der Waals surface area contributed by atoms with Gasteiger partial charge in [-0.3, -0.25) is 9.78 Å². The fourth-order valence-electron chi connectivity index (χ4n) is 3.40. The molecule has 0 saturated heterocycles. The molecule has 6 nitrogen and oxygen atoms in total. The van der Waals surface area contributed by atoms with Crippen molar-refractivity contribution in [2.24, 2.45) is 0 Å². The summed E-state index contributed by atoms with van der Waals surface area (Å²) in [4.78, 5) is 21.8. The smallest absolute Gasteiger partial charge is 0.252 e. The number of carbonyl (C=O) groups excluding carboxylic acids is 1. The highest BCUT2D eigenvalue weighted by molar-refractivity contribution is 6.35. The summed E-state index contributed by atoms with van der Waals surface area (Å²) in [6.45, 7) is 0.567. The van der Waals surface area contributed by atoms with Crippen LogP contribution in [0.1, 0.15) is 15.9 Å². The number of ether oxygens (including phenoxy) is 2. The Labute approximate surface area is 177 Å². The molecule has 0 fully saturated rings. The van der Waals surface area contributed by atoms with Crippen molar-refractivity contribution in [3.63, 3.8) is 0 Å². The number of hydrogen-bond donors (Lipinski definition) is 1. The molecule has 0 aliphatic carbocycles. The zero-order valence-electron chi connectivity index (χ0n) is 15.8. The molecule has 0 unspecified atom stereocenters. The standard InChI is InChI=1S/C23H16ClN3O3/c24-18-3-1-2-16-17(11-19(27-22(16)18)15-6-8-25-9-7-15)23(28)26-12-14-4-5-20-21(10-14)30-13-29-20/h1-11H,12-13H2,(H,26,28). The number of nitrogens with zero attached hydrogens (tertiary/aromatic N) is 2. The zero-order chi connectivity index (χ0) is 20.5. The number of benzene rings is 2. The molecule has 0 atom stereocenters. The van der Waals surface area contributed by atoms with Gasteiger partial charge in [0, 0.05) is 29.9 Å². The molecule has 1 amide bonds. The lowest BCUT2D eigenvalue weighted by Crippen LogP contribution is -2.23. The molecule has 1 N–H and O–H groups in total. The van der Waals surface area contributed by atoms with E-state index >= 15 is 0 Å². The average Bonchev–Trinajstić information content (AvgIpc) is 3.26. The van der Waals surface area contributed by atoms with Crippen molar-refractivity contribution in [1.29, 1.82) is 0 Å². The first-order chi connectivity index (χ1) is 14.7. The number of halogens is 1. The normalized spacial score (nSPS) is 12.2. The number of carbonyl (C=O) groups is 1. The molecular formula is C23H16ClN3O3. The third-order valence-corrected chi connectivity index (χ3v) is 5.21. The molecule has 0 radical (unpaired) electrons. The summed E-state index contributed by atoms with van der Waals surface area (Å²) in [5.41, 5.74) is 3.53. The second-order valence-corrected chi connectivity index (χ2v) is 7.20. The van der Waals surface area contributed by atoms with Crippen molar-refractivity contribution in [2.75, 3.05) is 6.79 Å². The van der Waals surface area contributed by atoms with Gasteiger partial charge in [0.2, 0.25) is 6.79 Å². The summed E-state index contributed by atoms with van der Waals surface area (Å²) >= 11 is 6.39. The topological polar surface area (TPSA) is 73.3 Å². The van der Waals surface area contributed by atoms with E-state index in [0.29, 0.717) is 45.2 Å². The predicted molar refractivity (Wildman–Crippen MR) is 114 cm³/mol. The number of aromatic nitrogens is 2. The van der Waals surface area contributed by atoms with E-state index in [0.717, 1.165) is 11.1 Å². The van der Waals surface area contributed by atoms with E-state index < -0.39 is 0 Å². The highest BCUT2D eigenvalue weighted by atomic mass is 35.5. The van der Waals surface area contributed by atoms with Gasteiger partial charge in [-0.1, -0.05) is 29.8 Å². The quantitative estimate of drug-likeness (QED) is 0.525. The maximum atomic E-state index is 13.1. The fourth-order valence-corrected chi connectivity index (χ4v) is 3.62. The van der Waals surface area contributed by atoms with Crippen molar-refractivity contribution < 1.29 is 14.3 Å². The number of hydrogen-bond acceptors (Lipinski definition) is 5. The Kier molecular flexibility index (Phi) is 4.69. The number of fused-ring (bicyclic) bond motifs is 2. The minimum Gasteiger partial charge on any atom is -0.454 e. The molecule has 2 aromatic heterocycles. The molecular weight excluding hydrogens is 402 g/mol. The van der Waals surface area contributed by atoms with E-state index in [9.17, 15) is 4.79 Å². The van der Waals surface area contributed by atoms with Crippen LogP contribution in [0.5, 0.6) is 11.5 Å². The largest absolute Gasteiger partial charge is 0.454 e. The molecule has 148 valence electrons. The van der Waals surface area contributed by atoms with Crippen molar-refractivity contribution in [3.8, 4) is 22.8 Å². The Morgan fingerprint density at radius 2 is 1.87 bits per heavy atom. The number of nitrogens with one attached hydrogen (secondary N) is 1. The summed E-state index contributed by atoms with van der Waals surface area (Å²) in [5, 5.41) is 4.17. The Balaban J connectivity index is 1.49. The Morgan fingerprint density at radius 1 is 1.03 bits per heavy atom. The van der Waals surface area contributed by atoms with Crippen LogP contribution in [-0.2, 0) is 6.54 Å². The third kappa shape index (κ3) is 3.42. The average molecular weight is 418 g/mol. The Bertz CT molecular complexity index is 1260. The van der Waals surface area contributed by atoms with E-state index in [4.69, 9.17) is 21.1 Å². The summed E-state index contributed by atoms with van der Waals surface area (Å²) in [6, 6.07) is 16.5. The molecule has 30 heavy (non-hydrogen) atoms. The van der Waals surface area contributed by atoms with Gasteiger partial charge in [0.15, 0.2) is 11.5 Å². The lowest BCUT2D eigenvalue weighted by molar-refractivity contribution is 0.0952. The molecule has 1 aliphatic heterocycles. The van der Waals surface area contributed by atoms with Crippen LogP contribution in [0.25, 0.3) is 22.2 Å². The maximum absolute atomic E-state index is 13.1. The Hall–Kier alpha value is -3.64. The first kappa shape index (κ1) is 18.4. The fraction of sp³-hybridized carbons (Fsp3) is 0.0870. The predicted octanol–water partition coefficient (Wildman–Crippen LogP) is 4.61. The van der Waals surface area contributed by atoms with Gasteiger partial charge in [0.25, 0.3) is 5.91 Å². The summed E-state index contributed by atoms with van der Waals surface area (Å²) in [5.74, 6) is 1.18. The minimum absolute atomic E-state index is 0.211. The van der Waals surface area contributed by atoms with Crippen molar-refractivity contribution >= 4 is 28.4 Å². The monoisotopic (exact) mass is 417 g/mol. The molecule has 0 spiro atoms. The minimum atomic E-state index is -0.211. The van der Waals surface area contributed by atoms with E-state index in [2.05, 4.69) is 15.3 Å². The van der Waals surface area contributed by atoms with Crippen LogP contribution in [0.2, 0.25) is 5.02 Å². The van der Waals surface area contributed by atoms with Crippen LogP contribution in [-0.4, -0.2) is 22.7 Å². The molecule has 5 rings (SSSR count). The maximum Gasteiger partial charge on any atom is 0.252 e. The number of rotatable bonds is 4. The van der Waals surface area contributed by atoms with Gasteiger partial charge >= 0.3 is 0 Å². The van der Waals surface area contributed by atoms with Crippen molar-refractivity contribution in [1.82, 2.24) is 15.3 Å². The summed E-state index contributed by atoms with van der Waals surface area (Å²) in [7, 11) is 0. The molecule has 4 aromatic rings. The van der Waals surface area contributed by atoms with Gasteiger partial charge in [0.1, 0.15) is 0 Å². The van der Waals surface area contributed by atoms with E-state index in [1.54, 1.807) is 24.5 Å². The SMILES string of the molecule is O=C(NCc1ccc2c(c1)OCO2)c1cc(-c2ccncc2)nc2c(Cl)cccc12. The van der Waals surface area contributed by atoms with Crippen molar-refractivity contribution in [2.45, 2.75) is 6.54 Å². The van der Waals surface area contributed by atoms with E-state index in [1.807, 2.05) is 42.5 Å². The van der Waals surface area contributed by atoms with E-state index in [1.165, 1.54) is 0 Å². The molecule has 0 bridgehead atoms. The van der Waals surface area contributed by atoms with Crippen LogP contribution in [0, 0.1) is 0 Å². The lowest BCUT2D eigenvalue weighted by atomic mass is 10.0. The number of amides is 1. The zero-order valence-corrected chi connectivity index (χ0v) is 16.5. The van der Waals surface area contributed by atoms with Gasteiger partial charge in [-0.2, -0.15) is 0 Å². The molecule has 0 saturated carbocycles. The van der Waals surface area contributed by atoms with Crippen LogP contribution in [0.3, 0.4) is 0 Å². The summed E-state index contributed by atoms with van der Waals surface area (Å²) in [6.07, 6.45) is 3.38. The van der Waals surface area contributed by atoms with Crippen LogP contribution < -0.4 is 14.8 Å². The lowest BCUT2D eigenvalue weighted by Gasteiger charge is -2.12. The molecule has 7 heteroatoms. The van der Waals surface area contributed by atoms with Gasteiger partial charge in [0.05, 0.1) is 21.8 Å². The third-order valence-electron chi connectivity index (χ3n) is 4.90. The molecule has 1 aliphatic rings. The van der Waals surface area contributed by atoms with E-state index in [-0.39, 0.29) is 12.7 Å². The molecule has 2 aromatic carbocycles. The van der Waals surface area contributed by atoms with Gasteiger partial charge in [-0.15, -0.1) is 0 Å². The van der Waals surface area contributed by atoms with Crippen LogP contribution in [0.4, 0.5) is 0 Å². The number of para-hydroxylation sites is 1. The van der Waals surface area contributed by atoms with Crippen molar-refractivity contribution in [3.05, 3.63) is 83.1 Å². The number of pyridine rings is 2. The Morgan fingerprint density at radius 3 is 2.73 bits per heavy atom. The first-order valence-electron chi connectivity index (χ1n) is 9.35. The van der Waals surface area contributed by atoms with Gasteiger partial charge in [-0.25, -0.2) is 4.98 Å².